The van der Waals surface area contributed by atoms with E-state index in [9.17, 15) is 4.79 Å². The molecule has 1 amide bonds. The molecule has 116 valence electrons. The highest BCUT2D eigenvalue weighted by Crippen LogP contribution is 2.15. The van der Waals surface area contributed by atoms with Gasteiger partial charge in [0.05, 0.1) is 0 Å². The molecule has 1 aromatic rings. The van der Waals surface area contributed by atoms with Crippen LogP contribution in [0.1, 0.15) is 18.9 Å². The minimum absolute atomic E-state index is 0.0282. The van der Waals surface area contributed by atoms with Crippen LogP contribution in [-0.4, -0.2) is 61.5 Å². The van der Waals surface area contributed by atoms with Gasteiger partial charge in [-0.1, -0.05) is 30.3 Å². The topological polar surface area (TPSA) is 35.6 Å². The SMILES string of the molecule is CC(CCc1ccccc1)N1CCNCC1C(=O)N(C)C. The Kier molecular flexibility index (Phi) is 5.76. The second kappa shape index (κ2) is 7.57. The molecule has 1 fully saturated rings. The van der Waals surface area contributed by atoms with Gasteiger partial charge in [0.15, 0.2) is 0 Å². The second-order valence-electron chi connectivity index (χ2n) is 6.06. The third kappa shape index (κ3) is 4.29. The molecule has 2 unspecified atom stereocenters. The molecule has 0 bridgehead atoms. The first kappa shape index (κ1) is 16.0. The summed E-state index contributed by atoms with van der Waals surface area (Å²) in [6.45, 7) is 4.91. The quantitative estimate of drug-likeness (QED) is 0.889. The first-order chi connectivity index (χ1) is 10.1. The summed E-state index contributed by atoms with van der Waals surface area (Å²) < 4.78 is 0. The van der Waals surface area contributed by atoms with Crippen molar-refractivity contribution in [2.24, 2.45) is 0 Å². The number of hydrogen-bond acceptors (Lipinski definition) is 3. The molecule has 0 aliphatic carbocycles. The molecule has 0 radical (unpaired) electrons. The lowest BCUT2D eigenvalue weighted by molar-refractivity contribution is -0.136. The van der Waals surface area contributed by atoms with Gasteiger partial charge in [-0.15, -0.1) is 0 Å². The van der Waals surface area contributed by atoms with Crippen LogP contribution in [0.4, 0.5) is 0 Å². The van der Waals surface area contributed by atoms with Gasteiger partial charge in [-0.2, -0.15) is 0 Å². The number of carbonyl (C=O) groups excluding carboxylic acids is 1. The zero-order valence-corrected chi connectivity index (χ0v) is 13.4. The second-order valence-corrected chi connectivity index (χ2v) is 6.06. The lowest BCUT2D eigenvalue weighted by Gasteiger charge is -2.40. The molecule has 0 saturated carbocycles. The summed E-state index contributed by atoms with van der Waals surface area (Å²) in [5.74, 6) is 0.203. The van der Waals surface area contributed by atoms with Gasteiger partial charge in [0.25, 0.3) is 0 Å². The molecule has 0 spiro atoms. The molecular weight excluding hydrogens is 262 g/mol. The van der Waals surface area contributed by atoms with E-state index in [4.69, 9.17) is 0 Å². The number of carbonyl (C=O) groups is 1. The molecule has 2 atom stereocenters. The highest BCUT2D eigenvalue weighted by Gasteiger charge is 2.32. The van der Waals surface area contributed by atoms with E-state index in [2.05, 4.69) is 47.5 Å². The van der Waals surface area contributed by atoms with E-state index in [-0.39, 0.29) is 11.9 Å². The Bertz CT molecular complexity index is 447. The Labute approximate surface area is 128 Å². The van der Waals surface area contributed by atoms with E-state index in [1.54, 1.807) is 4.90 Å². The van der Waals surface area contributed by atoms with Gasteiger partial charge in [0, 0.05) is 39.8 Å². The number of piperazine rings is 1. The maximum absolute atomic E-state index is 12.3. The van der Waals surface area contributed by atoms with Crippen LogP contribution in [0.5, 0.6) is 0 Å². The Morgan fingerprint density at radius 1 is 1.38 bits per heavy atom. The van der Waals surface area contributed by atoms with Crippen LogP contribution in [-0.2, 0) is 11.2 Å². The van der Waals surface area contributed by atoms with Crippen molar-refractivity contribution in [3.8, 4) is 0 Å². The Morgan fingerprint density at radius 3 is 2.76 bits per heavy atom. The lowest BCUT2D eigenvalue weighted by atomic mass is 10.0. The maximum atomic E-state index is 12.3. The molecule has 2 rings (SSSR count). The third-order valence-electron chi connectivity index (χ3n) is 4.27. The molecule has 1 aliphatic heterocycles. The number of nitrogens with one attached hydrogen (secondary N) is 1. The number of nitrogens with zero attached hydrogens (tertiary/aromatic N) is 2. The first-order valence-electron chi connectivity index (χ1n) is 7.81. The third-order valence-corrected chi connectivity index (χ3v) is 4.27. The van der Waals surface area contributed by atoms with Crippen LogP contribution in [0, 0.1) is 0 Å². The monoisotopic (exact) mass is 289 g/mol. The number of aryl methyl sites for hydroxylation is 1. The lowest BCUT2D eigenvalue weighted by Crippen LogP contribution is -2.60. The molecule has 4 heteroatoms. The highest BCUT2D eigenvalue weighted by atomic mass is 16.2. The van der Waals surface area contributed by atoms with Crippen LogP contribution in [0.2, 0.25) is 0 Å². The molecule has 1 aromatic carbocycles. The standard InChI is InChI=1S/C17H27N3O/c1-14(9-10-15-7-5-4-6-8-15)20-12-11-18-13-16(20)17(21)19(2)3/h4-8,14,16,18H,9-13H2,1-3H3. The zero-order chi connectivity index (χ0) is 15.2. The average molecular weight is 289 g/mol. The average Bonchev–Trinajstić information content (AvgIpc) is 2.52. The van der Waals surface area contributed by atoms with Crippen LogP contribution in [0.25, 0.3) is 0 Å². The number of amides is 1. The number of benzene rings is 1. The minimum atomic E-state index is -0.0282. The largest absolute Gasteiger partial charge is 0.347 e. The van der Waals surface area contributed by atoms with E-state index in [0.29, 0.717) is 6.04 Å². The predicted octanol–water partition coefficient (Wildman–Crippen LogP) is 1.37. The van der Waals surface area contributed by atoms with Crippen LogP contribution >= 0.6 is 0 Å². The minimum Gasteiger partial charge on any atom is -0.347 e. The van der Waals surface area contributed by atoms with Crippen molar-refractivity contribution in [3.63, 3.8) is 0 Å². The van der Waals surface area contributed by atoms with E-state index in [1.165, 1.54) is 5.56 Å². The van der Waals surface area contributed by atoms with Crippen molar-refractivity contribution in [1.82, 2.24) is 15.1 Å². The summed E-state index contributed by atoms with van der Waals surface area (Å²) in [7, 11) is 3.67. The van der Waals surface area contributed by atoms with Crippen LogP contribution < -0.4 is 5.32 Å². The summed E-state index contributed by atoms with van der Waals surface area (Å²) in [4.78, 5) is 16.4. The Hall–Kier alpha value is -1.39. The van der Waals surface area contributed by atoms with Gasteiger partial charge >= 0.3 is 0 Å². The number of hydrogen-bond donors (Lipinski definition) is 1. The first-order valence-corrected chi connectivity index (χ1v) is 7.81. The molecule has 1 heterocycles. The normalized spacial score (nSPS) is 21.0. The van der Waals surface area contributed by atoms with Gasteiger partial charge < -0.3 is 10.2 Å². The Morgan fingerprint density at radius 2 is 2.10 bits per heavy atom. The molecule has 1 saturated heterocycles. The van der Waals surface area contributed by atoms with Gasteiger partial charge in [0.2, 0.25) is 5.91 Å². The number of rotatable bonds is 5. The highest BCUT2D eigenvalue weighted by molar-refractivity contribution is 5.81. The van der Waals surface area contributed by atoms with E-state index >= 15 is 0 Å². The molecular formula is C17H27N3O. The predicted molar refractivity (Wildman–Crippen MR) is 86.3 cm³/mol. The van der Waals surface area contributed by atoms with Gasteiger partial charge in [-0.25, -0.2) is 0 Å². The van der Waals surface area contributed by atoms with Crippen LogP contribution in [0.3, 0.4) is 0 Å². The Balaban J connectivity index is 1.95. The van der Waals surface area contributed by atoms with Crippen molar-refractivity contribution in [3.05, 3.63) is 35.9 Å². The molecule has 0 aromatic heterocycles. The maximum Gasteiger partial charge on any atom is 0.240 e. The summed E-state index contributed by atoms with van der Waals surface area (Å²) in [5, 5.41) is 3.34. The van der Waals surface area contributed by atoms with E-state index < -0.39 is 0 Å². The molecule has 4 nitrogen and oxygen atoms in total. The van der Waals surface area contributed by atoms with Crippen molar-refractivity contribution in [2.45, 2.75) is 31.8 Å². The van der Waals surface area contributed by atoms with Gasteiger partial charge in [-0.05, 0) is 25.3 Å². The molecule has 1 N–H and O–H groups in total. The van der Waals surface area contributed by atoms with Crippen molar-refractivity contribution in [2.75, 3.05) is 33.7 Å². The fourth-order valence-electron chi connectivity index (χ4n) is 2.96. The van der Waals surface area contributed by atoms with Gasteiger partial charge in [-0.3, -0.25) is 9.69 Å². The smallest absolute Gasteiger partial charge is 0.240 e. The van der Waals surface area contributed by atoms with Crippen molar-refractivity contribution in [1.29, 1.82) is 0 Å². The van der Waals surface area contributed by atoms with Crippen molar-refractivity contribution >= 4 is 5.91 Å². The van der Waals surface area contributed by atoms with Gasteiger partial charge in [0.1, 0.15) is 6.04 Å². The van der Waals surface area contributed by atoms with Crippen molar-refractivity contribution < 1.29 is 4.79 Å². The van der Waals surface area contributed by atoms with E-state index in [0.717, 1.165) is 32.5 Å². The van der Waals surface area contributed by atoms with E-state index in [1.807, 2.05) is 14.1 Å². The summed E-state index contributed by atoms with van der Waals surface area (Å²) in [5.41, 5.74) is 1.37. The summed E-state index contributed by atoms with van der Waals surface area (Å²) in [6.07, 6.45) is 2.15. The zero-order valence-electron chi connectivity index (χ0n) is 13.4. The summed E-state index contributed by atoms with van der Waals surface area (Å²) >= 11 is 0. The molecule has 1 aliphatic rings. The van der Waals surface area contributed by atoms with Crippen LogP contribution in [0.15, 0.2) is 30.3 Å². The summed E-state index contributed by atoms with van der Waals surface area (Å²) in [6, 6.07) is 11.0. The number of likely N-dealkylation sites (N-methyl/N-ethyl adjacent to an activating group) is 1. The molecule has 21 heavy (non-hydrogen) atoms. The fraction of sp³-hybridized carbons (Fsp3) is 0.588. The fourth-order valence-corrected chi connectivity index (χ4v) is 2.96.